The molecular formula is C28H26FN3O3. The minimum Gasteiger partial charge on any atom is -0.302 e. The molecule has 0 radical (unpaired) electrons. The number of likely N-dealkylation sites (tertiary alicyclic amines) is 1. The van der Waals surface area contributed by atoms with Crippen LogP contribution in [0.5, 0.6) is 0 Å². The molecule has 0 saturated carbocycles. The predicted octanol–water partition coefficient (Wildman–Crippen LogP) is 3.89. The molecule has 178 valence electrons. The second kappa shape index (κ2) is 9.80. The number of nitrogens with zero attached hydrogens (tertiary/aromatic N) is 3. The van der Waals surface area contributed by atoms with Gasteiger partial charge in [-0.05, 0) is 74.5 Å². The molecule has 0 N–H and O–H groups in total. The van der Waals surface area contributed by atoms with Crippen molar-refractivity contribution in [2.45, 2.75) is 19.4 Å². The lowest BCUT2D eigenvalue weighted by Crippen LogP contribution is -2.44. The Labute approximate surface area is 201 Å². The van der Waals surface area contributed by atoms with E-state index in [0.717, 1.165) is 0 Å². The van der Waals surface area contributed by atoms with Gasteiger partial charge in [-0.25, -0.2) is 9.18 Å². The first kappa shape index (κ1) is 22.9. The van der Waals surface area contributed by atoms with Gasteiger partial charge >= 0.3 is 5.69 Å². The topological polar surface area (TPSA) is 64.3 Å². The highest BCUT2D eigenvalue weighted by molar-refractivity contribution is 5.97. The highest BCUT2D eigenvalue weighted by Crippen LogP contribution is 2.22. The quantitative estimate of drug-likeness (QED) is 0.401. The number of para-hydroxylation sites is 2. The summed E-state index contributed by atoms with van der Waals surface area (Å²) < 4.78 is 16.1. The molecule has 1 saturated heterocycles. The van der Waals surface area contributed by atoms with Crippen molar-refractivity contribution in [1.29, 1.82) is 0 Å². The molecule has 0 spiro atoms. The Balaban J connectivity index is 1.33. The molecule has 1 aromatic heterocycles. The number of Topliss-reactive ketones (excluding diaryl/α,β-unsaturated/α-hetero) is 1. The summed E-state index contributed by atoms with van der Waals surface area (Å²) in [7, 11) is 0. The largest absolute Gasteiger partial charge is 0.336 e. The summed E-state index contributed by atoms with van der Waals surface area (Å²) in [5.74, 6) is -0.414. The fraction of sp³-hybridized carbons (Fsp3) is 0.250. The maximum atomic E-state index is 13.4. The Morgan fingerprint density at radius 2 is 1.49 bits per heavy atom. The molecule has 0 bridgehead atoms. The second-order valence-electron chi connectivity index (χ2n) is 8.91. The summed E-state index contributed by atoms with van der Waals surface area (Å²) in [5.41, 5.74) is 1.18. The van der Waals surface area contributed by atoms with E-state index in [1.807, 2.05) is 36.4 Å². The summed E-state index contributed by atoms with van der Waals surface area (Å²) in [5, 5.41) is 0.500. The van der Waals surface area contributed by atoms with Gasteiger partial charge in [0.15, 0.2) is 5.78 Å². The van der Waals surface area contributed by atoms with Gasteiger partial charge in [-0.2, -0.15) is 0 Å². The summed E-state index contributed by atoms with van der Waals surface area (Å²) >= 11 is 0. The average Bonchev–Trinajstić information content (AvgIpc) is 2.90. The molecule has 35 heavy (non-hydrogen) atoms. The number of ketones is 1. The molecule has 0 aliphatic carbocycles. The number of halogens is 1. The summed E-state index contributed by atoms with van der Waals surface area (Å²) in [6, 6.07) is 22.2. The number of carbonyl (C=O) groups excluding carboxylic acids is 1. The number of piperidine rings is 1. The number of aromatic nitrogens is 2. The van der Waals surface area contributed by atoms with E-state index in [1.54, 1.807) is 22.8 Å². The fourth-order valence-electron chi connectivity index (χ4n) is 4.84. The van der Waals surface area contributed by atoms with Crippen LogP contribution in [0, 0.1) is 11.7 Å². The molecule has 7 heteroatoms. The Morgan fingerprint density at radius 3 is 2.20 bits per heavy atom. The number of hydrogen-bond acceptors (Lipinski definition) is 4. The minimum atomic E-state index is -0.360. The molecule has 1 fully saturated rings. The van der Waals surface area contributed by atoms with E-state index in [0.29, 0.717) is 54.6 Å². The minimum absolute atomic E-state index is 0.0427. The molecular weight excluding hydrogens is 445 g/mol. The lowest BCUT2D eigenvalue weighted by Gasteiger charge is -2.31. The fourth-order valence-corrected chi connectivity index (χ4v) is 4.84. The van der Waals surface area contributed by atoms with Gasteiger partial charge < -0.3 is 4.90 Å². The smallest absolute Gasteiger partial charge is 0.302 e. The highest BCUT2D eigenvalue weighted by atomic mass is 19.1. The molecule has 6 nitrogen and oxygen atoms in total. The Hall–Kier alpha value is -3.84. The van der Waals surface area contributed by atoms with Crippen LogP contribution in [0.15, 0.2) is 88.5 Å². The molecule has 4 aromatic rings. The zero-order valence-corrected chi connectivity index (χ0v) is 19.3. The van der Waals surface area contributed by atoms with Gasteiger partial charge in [-0.1, -0.05) is 30.3 Å². The van der Waals surface area contributed by atoms with Crippen LogP contribution in [0.3, 0.4) is 0 Å². The normalized spacial score (nSPS) is 14.9. The van der Waals surface area contributed by atoms with Gasteiger partial charge in [0, 0.05) is 24.6 Å². The van der Waals surface area contributed by atoms with Crippen LogP contribution in [0.25, 0.3) is 16.6 Å². The summed E-state index contributed by atoms with van der Waals surface area (Å²) in [4.78, 5) is 41.6. The third-order valence-electron chi connectivity index (χ3n) is 6.78. The maximum Gasteiger partial charge on any atom is 0.336 e. The van der Waals surface area contributed by atoms with Crippen LogP contribution in [0.1, 0.15) is 23.2 Å². The first-order chi connectivity index (χ1) is 17.0. The van der Waals surface area contributed by atoms with Gasteiger partial charge in [0.1, 0.15) is 5.82 Å². The first-order valence-corrected chi connectivity index (χ1v) is 11.8. The van der Waals surface area contributed by atoms with Crippen LogP contribution in [0.4, 0.5) is 4.39 Å². The second-order valence-corrected chi connectivity index (χ2v) is 8.91. The van der Waals surface area contributed by atoms with E-state index in [-0.39, 0.29) is 35.3 Å². The summed E-state index contributed by atoms with van der Waals surface area (Å²) in [6.45, 7) is 2.21. The molecule has 0 unspecified atom stereocenters. The van der Waals surface area contributed by atoms with Gasteiger partial charge in [0.2, 0.25) is 0 Å². The van der Waals surface area contributed by atoms with E-state index in [2.05, 4.69) is 4.90 Å². The van der Waals surface area contributed by atoms with Crippen LogP contribution < -0.4 is 11.2 Å². The Kier molecular flexibility index (Phi) is 6.42. The molecule has 5 rings (SSSR count). The first-order valence-electron chi connectivity index (χ1n) is 11.8. The number of rotatable bonds is 6. The summed E-state index contributed by atoms with van der Waals surface area (Å²) in [6.07, 6.45) is 1.38. The standard InChI is InChI=1S/C28H26FN3O3/c29-22-12-10-20(11-13-22)26(33)21-14-16-30(17-15-21)18-19-31-27(34)24-8-4-5-9-25(24)32(28(31)35)23-6-2-1-3-7-23/h1-13,21H,14-19H2. The van der Waals surface area contributed by atoms with Crippen molar-refractivity contribution in [2.75, 3.05) is 19.6 Å². The van der Waals surface area contributed by atoms with Crippen molar-refractivity contribution in [3.05, 3.63) is 111 Å². The number of fused-ring (bicyclic) bond motifs is 1. The van der Waals surface area contributed by atoms with Gasteiger partial charge in [-0.15, -0.1) is 0 Å². The monoisotopic (exact) mass is 471 g/mol. The van der Waals surface area contributed by atoms with Crippen molar-refractivity contribution in [3.8, 4) is 5.69 Å². The predicted molar refractivity (Wildman–Crippen MR) is 134 cm³/mol. The Bertz CT molecular complexity index is 1470. The SMILES string of the molecule is O=C(c1ccc(F)cc1)C1CCN(CCn2c(=O)c3ccccc3n(-c3ccccc3)c2=O)CC1. The third kappa shape index (κ3) is 4.59. The molecule has 1 aliphatic heterocycles. The molecule has 3 aromatic carbocycles. The van der Waals surface area contributed by atoms with E-state index >= 15 is 0 Å². The van der Waals surface area contributed by atoms with E-state index < -0.39 is 0 Å². The number of benzene rings is 3. The third-order valence-corrected chi connectivity index (χ3v) is 6.78. The van der Waals surface area contributed by atoms with E-state index in [1.165, 1.54) is 28.8 Å². The highest BCUT2D eigenvalue weighted by Gasteiger charge is 2.26. The Morgan fingerprint density at radius 1 is 0.829 bits per heavy atom. The van der Waals surface area contributed by atoms with Crippen molar-refractivity contribution in [3.63, 3.8) is 0 Å². The van der Waals surface area contributed by atoms with Gasteiger partial charge in [0.05, 0.1) is 16.6 Å². The maximum absolute atomic E-state index is 13.4. The molecule has 0 atom stereocenters. The van der Waals surface area contributed by atoms with Crippen molar-refractivity contribution in [1.82, 2.24) is 14.0 Å². The van der Waals surface area contributed by atoms with Crippen molar-refractivity contribution >= 4 is 16.7 Å². The molecule has 2 heterocycles. The lowest BCUT2D eigenvalue weighted by atomic mass is 9.89. The molecule has 1 aliphatic rings. The average molecular weight is 472 g/mol. The van der Waals surface area contributed by atoms with Gasteiger partial charge in [-0.3, -0.25) is 18.7 Å². The van der Waals surface area contributed by atoms with Crippen molar-refractivity contribution in [2.24, 2.45) is 5.92 Å². The molecule has 0 amide bonds. The van der Waals surface area contributed by atoms with Crippen LogP contribution in [0.2, 0.25) is 0 Å². The van der Waals surface area contributed by atoms with Crippen LogP contribution in [-0.4, -0.2) is 39.5 Å². The number of hydrogen-bond donors (Lipinski definition) is 0. The van der Waals surface area contributed by atoms with E-state index in [9.17, 15) is 18.8 Å². The zero-order valence-electron chi connectivity index (χ0n) is 19.3. The lowest BCUT2D eigenvalue weighted by molar-refractivity contribution is 0.0837. The van der Waals surface area contributed by atoms with Crippen molar-refractivity contribution < 1.29 is 9.18 Å². The van der Waals surface area contributed by atoms with Gasteiger partial charge in [0.25, 0.3) is 5.56 Å². The van der Waals surface area contributed by atoms with E-state index in [4.69, 9.17) is 0 Å². The van der Waals surface area contributed by atoms with Crippen LogP contribution >= 0.6 is 0 Å². The van der Waals surface area contributed by atoms with Crippen LogP contribution in [-0.2, 0) is 6.54 Å². The number of carbonyl (C=O) groups is 1. The zero-order chi connectivity index (χ0) is 24.4.